The van der Waals surface area contributed by atoms with Crippen molar-refractivity contribution in [1.29, 1.82) is 0 Å². The van der Waals surface area contributed by atoms with E-state index in [1.54, 1.807) is 17.9 Å². The first-order valence-electron chi connectivity index (χ1n) is 7.86. The minimum atomic E-state index is -0.0944. The molecular weight excluding hydrogens is 284 g/mol. The number of carbonyl (C=O) groups excluding carboxylic acids is 2. The number of likely N-dealkylation sites (tertiary alicyclic amines) is 1. The molecule has 0 radical (unpaired) electrons. The van der Waals surface area contributed by atoms with Crippen LogP contribution in [0.5, 0.6) is 0 Å². The Morgan fingerprint density at radius 1 is 1.18 bits per heavy atom. The summed E-state index contributed by atoms with van der Waals surface area (Å²) in [4.78, 5) is 28.8. The third-order valence-electron chi connectivity index (χ3n) is 4.47. The second kappa shape index (κ2) is 6.52. The molecule has 2 fully saturated rings. The van der Waals surface area contributed by atoms with Crippen LogP contribution in [0, 0.1) is 12.8 Å². The Morgan fingerprint density at radius 3 is 2.64 bits per heavy atom. The van der Waals surface area contributed by atoms with E-state index in [2.05, 4.69) is 0 Å². The van der Waals surface area contributed by atoms with E-state index in [4.69, 9.17) is 9.15 Å². The molecule has 0 spiro atoms. The molecule has 120 valence electrons. The third-order valence-corrected chi connectivity index (χ3v) is 4.47. The van der Waals surface area contributed by atoms with Crippen molar-refractivity contribution < 1.29 is 18.7 Å². The van der Waals surface area contributed by atoms with E-state index in [1.807, 2.05) is 4.90 Å². The van der Waals surface area contributed by atoms with E-state index in [0.29, 0.717) is 50.7 Å². The summed E-state index contributed by atoms with van der Waals surface area (Å²) in [6.45, 7) is 5.52. The quantitative estimate of drug-likeness (QED) is 0.826. The summed E-state index contributed by atoms with van der Waals surface area (Å²) in [5.41, 5.74) is 0.597. The van der Waals surface area contributed by atoms with Crippen molar-refractivity contribution in [3.63, 3.8) is 0 Å². The second-order valence-corrected chi connectivity index (χ2v) is 5.92. The number of ether oxygens (including phenoxy) is 1. The van der Waals surface area contributed by atoms with Crippen molar-refractivity contribution in [2.75, 3.05) is 39.4 Å². The molecule has 2 aliphatic rings. The van der Waals surface area contributed by atoms with E-state index < -0.39 is 0 Å². The van der Waals surface area contributed by atoms with Gasteiger partial charge >= 0.3 is 0 Å². The topological polar surface area (TPSA) is 63.0 Å². The Kier molecular flexibility index (Phi) is 4.47. The fraction of sp³-hybridized carbons (Fsp3) is 0.625. The Labute approximate surface area is 130 Å². The van der Waals surface area contributed by atoms with E-state index >= 15 is 0 Å². The van der Waals surface area contributed by atoms with Crippen LogP contribution < -0.4 is 0 Å². The number of amides is 2. The predicted molar refractivity (Wildman–Crippen MR) is 79.5 cm³/mol. The van der Waals surface area contributed by atoms with Crippen LogP contribution in [-0.2, 0) is 9.53 Å². The molecule has 1 atom stereocenters. The van der Waals surface area contributed by atoms with Crippen molar-refractivity contribution in [3.05, 3.63) is 23.7 Å². The highest BCUT2D eigenvalue weighted by atomic mass is 16.5. The van der Waals surface area contributed by atoms with Gasteiger partial charge in [0, 0.05) is 26.2 Å². The molecule has 0 N–H and O–H groups in total. The maximum atomic E-state index is 12.6. The summed E-state index contributed by atoms with van der Waals surface area (Å²) in [5.74, 6) is 0.657. The lowest BCUT2D eigenvalue weighted by Gasteiger charge is -2.36. The third kappa shape index (κ3) is 3.02. The van der Waals surface area contributed by atoms with Crippen molar-refractivity contribution in [1.82, 2.24) is 9.80 Å². The maximum Gasteiger partial charge on any atom is 0.257 e. The summed E-state index contributed by atoms with van der Waals surface area (Å²) in [6.07, 6.45) is 3.25. The normalized spacial score (nSPS) is 22.7. The average Bonchev–Trinajstić information content (AvgIpc) is 3.00. The van der Waals surface area contributed by atoms with Crippen molar-refractivity contribution in [2.24, 2.45) is 5.92 Å². The van der Waals surface area contributed by atoms with Gasteiger partial charge in [0.15, 0.2) is 0 Å². The van der Waals surface area contributed by atoms with Crippen molar-refractivity contribution in [2.45, 2.75) is 19.8 Å². The van der Waals surface area contributed by atoms with Gasteiger partial charge in [0.2, 0.25) is 5.91 Å². The predicted octanol–water partition coefficient (Wildman–Crippen LogP) is 1.30. The van der Waals surface area contributed by atoms with Gasteiger partial charge in [0.1, 0.15) is 5.76 Å². The van der Waals surface area contributed by atoms with Crippen LogP contribution in [0.1, 0.15) is 29.0 Å². The lowest BCUT2D eigenvalue weighted by molar-refractivity contribution is -0.141. The first-order valence-corrected chi connectivity index (χ1v) is 7.86. The molecule has 0 aliphatic carbocycles. The Morgan fingerprint density at radius 2 is 1.95 bits per heavy atom. The van der Waals surface area contributed by atoms with Crippen LogP contribution in [0.2, 0.25) is 0 Å². The lowest BCUT2D eigenvalue weighted by Crippen LogP contribution is -2.49. The SMILES string of the molecule is Cc1occc1C(=O)N1CCCC(C(=O)N2CCOCC2)C1. The van der Waals surface area contributed by atoms with Gasteiger partial charge in [-0.3, -0.25) is 9.59 Å². The molecule has 3 heterocycles. The molecule has 1 aromatic heterocycles. The van der Waals surface area contributed by atoms with E-state index in [-0.39, 0.29) is 17.7 Å². The van der Waals surface area contributed by atoms with Gasteiger partial charge < -0.3 is 19.0 Å². The Hall–Kier alpha value is -1.82. The number of piperidine rings is 1. The number of hydrogen-bond acceptors (Lipinski definition) is 4. The fourth-order valence-corrected chi connectivity index (χ4v) is 3.18. The van der Waals surface area contributed by atoms with Gasteiger partial charge in [-0.25, -0.2) is 0 Å². The average molecular weight is 306 g/mol. The molecule has 0 aromatic carbocycles. The molecule has 22 heavy (non-hydrogen) atoms. The number of rotatable bonds is 2. The minimum Gasteiger partial charge on any atom is -0.469 e. The zero-order chi connectivity index (χ0) is 15.5. The molecule has 2 amide bonds. The number of hydrogen-bond donors (Lipinski definition) is 0. The zero-order valence-corrected chi connectivity index (χ0v) is 12.9. The first-order chi connectivity index (χ1) is 10.7. The first kappa shape index (κ1) is 15.1. The lowest BCUT2D eigenvalue weighted by atomic mass is 9.95. The number of carbonyl (C=O) groups is 2. The molecule has 0 bridgehead atoms. The van der Waals surface area contributed by atoms with E-state index in [0.717, 1.165) is 12.8 Å². The Balaban J connectivity index is 1.65. The molecule has 1 unspecified atom stereocenters. The second-order valence-electron chi connectivity index (χ2n) is 5.92. The van der Waals surface area contributed by atoms with Crippen molar-refractivity contribution >= 4 is 11.8 Å². The molecular formula is C16H22N2O4. The number of morpholine rings is 1. The monoisotopic (exact) mass is 306 g/mol. The molecule has 2 aliphatic heterocycles. The van der Waals surface area contributed by atoms with Crippen LogP contribution in [0.15, 0.2) is 16.7 Å². The fourth-order valence-electron chi connectivity index (χ4n) is 3.18. The van der Waals surface area contributed by atoms with Crippen LogP contribution in [0.3, 0.4) is 0 Å². The van der Waals surface area contributed by atoms with Gasteiger partial charge in [-0.15, -0.1) is 0 Å². The van der Waals surface area contributed by atoms with Gasteiger partial charge in [-0.05, 0) is 25.8 Å². The highest BCUT2D eigenvalue weighted by Gasteiger charge is 2.32. The van der Waals surface area contributed by atoms with E-state index in [1.165, 1.54) is 6.26 Å². The Bertz CT molecular complexity index is 548. The number of nitrogens with zero attached hydrogens (tertiary/aromatic N) is 2. The highest BCUT2D eigenvalue weighted by Crippen LogP contribution is 2.22. The number of furan rings is 1. The molecule has 2 saturated heterocycles. The molecule has 6 heteroatoms. The maximum absolute atomic E-state index is 12.6. The van der Waals surface area contributed by atoms with Crippen LogP contribution >= 0.6 is 0 Å². The standard InChI is InChI=1S/C16H22N2O4/c1-12-14(4-8-22-12)16(20)18-5-2-3-13(11-18)15(19)17-6-9-21-10-7-17/h4,8,13H,2-3,5-7,9-11H2,1H3. The van der Waals surface area contributed by atoms with Gasteiger partial charge in [-0.2, -0.15) is 0 Å². The van der Waals surface area contributed by atoms with Crippen LogP contribution in [-0.4, -0.2) is 61.0 Å². The summed E-state index contributed by atoms with van der Waals surface area (Å²) in [7, 11) is 0. The summed E-state index contributed by atoms with van der Waals surface area (Å²) in [6, 6.07) is 1.70. The summed E-state index contributed by atoms with van der Waals surface area (Å²) >= 11 is 0. The van der Waals surface area contributed by atoms with Crippen molar-refractivity contribution in [3.8, 4) is 0 Å². The number of aryl methyl sites for hydroxylation is 1. The van der Waals surface area contributed by atoms with Gasteiger partial charge in [-0.1, -0.05) is 0 Å². The van der Waals surface area contributed by atoms with Gasteiger partial charge in [0.05, 0.1) is 31.0 Å². The smallest absolute Gasteiger partial charge is 0.257 e. The molecule has 6 nitrogen and oxygen atoms in total. The zero-order valence-electron chi connectivity index (χ0n) is 12.9. The summed E-state index contributed by atoms with van der Waals surface area (Å²) < 4.78 is 10.5. The van der Waals surface area contributed by atoms with Gasteiger partial charge in [0.25, 0.3) is 5.91 Å². The molecule has 0 saturated carbocycles. The largest absolute Gasteiger partial charge is 0.469 e. The van der Waals surface area contributed by atoms with E-state index in [9.17, 15) is 9.59 Å². The summed E-state index contributed by atoms with van der Waals surface area (Å²) in [5, 5.41) is 0. The highest BCUT2D eigenvalue weighted by molar-refractivity contribution is 5.95. The molecule has 3 rings (SSSR count). The van der Waals surface area contributed by atoms with Crippen LogP contribution in [0.25, 0.3) is 0 Å². The van der Waals surface area contributed by atoms with Crippen LogP contribution in [0.4, 0.5) is 0 Å². The molecule has 1 aromatic rings. The minimum absolute atomic E-state index is 0.0364.